The van der Waals surface area contributed by atoms with E-state index in [0.717, 1.165) is 11.4 Å². The van der Waals surface area contributed by atoms with Crippen LogP contribution in [0.15, 0.2) is 115 Å². The summed E-state index contributed by atoms with van der Waals surface area (Å²) in [7, 11) is 3.84. The second-order valence-corrected chi connectivity index (χ2v) is 9.37. The minimum Gasteiger partial charge on any atom is -0.497 e. The van der Waals surface area contributed by atoms with Crippen LogP contribution in [-0.4, -0.2) is 14.2 Å². The average Bonchev–Trinajstić information content (AvgIpc) is 3.40. The predicted octanol–water partition coefficient (Wildman–Crippen LogP) is 7.81. The van der Waals surface area contributed by atoms with Gasteiger partial charge < -0.3 is 9.64 Å². The van der Waals surface area contributed by atoms with E-state index in [2.05, 4.69) is 115 Å². The fourth-order valence-corrected chi connectivity index (χ4v) is 6.25. The molecule has 168 valence electrons. The molecule has 0 amide bonds. The van der Waals surface area contributed by atoms with E-state index >= 15 is 0 Å². The molecule has 2 aliphatic rings. The molecule has 0 atom stereocenters. The largest absolute Gasteiger partial charge is 0.497 e. The lowest BCUT2D eigenvalue weighted by atomic mass is 9.70. The van der Waals surface area contributed by atoms with Gasteiger partial charge in [-0.2, -0.15) is 0 Å². The maximum atomic E-state index is 5.36. The van der Waals surface area contributed by atoms with E-state index in [0.29, 0.717) is 0 Å². The maximum Gasteiger partial charge on any atom is 0.119 e. The van der Waals surface area contributed by atoms with Crippen molar-refractivity contribution >= 4 is 11.4 Å². The zero-order chi connectivity index (χ0) is 23.6. The molecule has 7 rings (SSSR count). The number of methoxy groups -OCH3 is 1. The first-order chi connectivity index (χ1) is 17.2. The lowest BCUT2D eigenvalue weighted by Gasteiger charge is -2.31. The standard InChI is InChI=1S/C33H25NO/c1-34(22-15-18-24(35-2)19-16-22)23-17-20-28-27-11-5-8-14-31(27)33(32(28)21-23)29-12-6-3-9-25(29)26-10-4-7-13-30(26)33/h3-21H,1-2H3. The number of rotatable bonds is 3. The Labute approximate surface area is 206 Å². The van der Waals surface area contributed by atoms with Gasteiger partial charge in [0.2, 0.25) is 0 Å². The topological polar surface area (TPSA) is 12.5 Å². The summed E-state index contributed by atoms with van der Waals surface area (Å²) in [5, 5.41) is 0. The van der Waals surface area contributed by atoms with Gasteiger partial charge in [0.05, 0.1) is 12.5 Å². The van der Waals surface area contributed by atoms with Gasteiger partial charge in [0.1, 0.15) is 5.75 Å². The molecule has 0 fully saturated rings. The van der Waals surface area contributed by atoms with E-state index in [1.54, 1.807) is 7.11 Å². The van der Waals surface area contributed by atoms with Crippen molar-refractivity contribution in [2.45, 2.75) is 5.41 Å². The maximum absolute atomic E-state index is 5.36. The predicted molar refractivity (Wildman–Crippen MR) is 144 cm³/mol. The van der Waals surface area contributed by atoms with Crippen molar-refractivity contribution in [3.63, 3.8) is 0 Å². The Bertz CT molecular complexity index is 1530. The monoisotopic (exact) mass is 451 g/mol. The fourth-order valence-electron chi connectivity index (χ4n) is 6.25. The van der Waals surface area contributed by atoms with Gasteiger partial charge in [0, 0.05) is 18.4 Å². The summed E-state index contributed by atoms with van der Waals surface area (Å²) in [5.41, 5.74) is 12.8. The number of ether oxygens (including phenoxy) is 1. The minimum atomic E-state index is -0.310. The Hall–Kier alpha value is -4.30. The highest BCUT2D eigenvalue weighted by Gasteiger charge is 2.51. The molecule has 0 bridgehead atoms. The molecule has 0 aromatic heterocycles. The van der Waals surface area contributed by atoms with E-state index in [9.17, 15) is 0 Å². The van der Waals surface area contributed by atoms with Gasteiger partial charge in [-0.3, -0.25) is 0 Å². The fraction of sp³-hybridized carbons (Fsp3) is 0.0909. The van der Waals surface area contributed by atoms with E-state index in [4.69, 9.17) is 4.74 Å². The summed E-state index contributed by atoms with van der Waals surface area (Å²) in [5.74, 6) is 0.865. The third kappa shape index (κ3) is 2.60. The molecule has 35 heavy (non-hydrogen) atoms. The Morgan fingerprint density at radius 3 is 1.49 bits per heavy atom. The van der Waals surface area contributed by atoms with Gasteiger partial charge in [-0.05, 0) is 80.9 Å². The van der Waals surface area contributed by atoms with Crippen molar-refractivity contribution in [1.29, 1.82) is 0 Å². The lowest BCUT2D eigenvalue weighted by molar-refractivity contribution is 0.415. The quantitative estimate of drug-likeness (QED) is 0.272. The van der Waals surface area contributed by atoms with Crippen LogP contribution in [0.5, 0.6) is 5.75 Å². The molecule has 0 N–H and O–H groups in total. The van der Waals surface area contributed by atoms with Gasteiger partial charge in [-0.1, -0.05) is 78.9 Å². The van der Waals surface area contributed by atoms with Gasteiger partial charge in [-0.25, -0.2) is 0 Å². The molecule has 2 heteroatoms. The van der Waals surface area contributed by atoms with Crippen LogP contribution in [0.2, 0.25) is 0 Å². The van der Waals surface area contributed by atoms with Crippen molar-refractivity contribution in [2.24, 2.45) is 0 Å². The van der Waals surface area contributed by atoms with E-state index in [1.165, 1.54) is 50.2 Å². The Kier molecular flexibility index (Phi) is 4.22. The molecule has 0 unspecified atom stereocenters. The van der Waals surface area contributed by atoms with E-state index < -0.39 is 0 Å². The van der Waals surface area contributed by atoms with Crippen molar-refractivity contribution in [3.05, 3.63) is 138 Å². The van der Waals surface area contributed by atoms with Crippen LogP contribution in [0.3, 0.4) is 0 Å². The number of benzene rings is 5. The Morgan fingerprint density at radius 1 is 0.514 bits per heavy atom. The number of hydrogen-bond donors (Lipinski definition) is 0. The van der Waals surface area contributed by atoms with Gasteiger partial charge in [-0.15, -0.1) is 0 Å². The summed E-state index contributed by atoms with van der Waals surface area (Å²) in [6.07, 6.45) is 0. The highest BCUT2D eigenvalue weighted by molar-refractivity contribution is 5.95. The molecule has 0 saturated carbocycles. The molecule has 1 spiro atoms. The van der Waals surface area contributed by atoms with Crippen LogP contribution >= 0.6 is 0 Å². The zero-order valence-corrected chi connectivity index (χ0v) is 19.8. The Balaban J connectivity index is 1.50. The molecule has 0 aliphatic heterocycles. The molecule has 5 aromatic rings. The molecular formula is C33H25NO. The smallest absolute Gasteiger partial charge is 0.119 e. The van der Waals surface area contributed by atoms with E-state index in [1.807, 2.05) is 12.1 Å². The summed E-state index contributed by atoms with van der Waals surface area (Å²) >= 11 is 0. The van der Waals surface area contributed by atoms with Gasteiger partial charge in [0.15, 0.2) is 0 Å². The SMILES string of the molecule is COc1ccc(N(C)c2ccc3c(c2)C2(c4ccccc4-c4ccccc42)c2ccccc2-3)cc1. The second kappa shape index (κ2) is 7.35. The van der Waals surface area contributed by atoms with Crippen molar-refractivity contribution in [1.82, 2.24) is 0 Å². The summed E-state index contributed by atoms with van der Waals surface area (Å²) < 4.78 is 5.36. The Morgan fingerprint density at radius 2 is 0.971 bits per heavy atom. The second-order valence-electron chi connectivity index (χ2n) is 9.37. The highest BCUT2D eigenvalue weighted by Crippen LogP contribution is 2.63. The van der Waals surface area contributed by atoms with Crippen molar-refractivity contribution < 1.29 is 4.74 Å². The first-order valence-corrected chi connectivity index (χ1v) is 12.0. The summed E-state index contributed by atoms with van der Waals surface area (Å²) in [6.45, 7) is 0. The number of hydrogen-bond acceptors (Lipinski definition) is 2. The van der Waals surface area contributed by atoms with Crippen LogP contribution in [0.4, 0.5) is 11.4 Å². The third-order valence-electron chi connectivity index (χ3n) is 7.83. The van der Waals surface area contributed by atoms with Crippen LogP contribution in [0, 0.1) is 0 Å². The molecule has 0 heterocycles. The first kappa shape index (κ1) is 20.1. The molecule has 2 aliphatic carbocycles. The van der Waals surface area contributed by atoms with Crippen LogP contribution < -0.4 is 9.64 Å². The van der Waals surface area contributed by atoms with Gasteiger partial charge in [0.25, 0.3) is 0 Å². The molecule has 5 aromatic carbocycles. The number of fused-ring (bicyclic) bond motifs is 10. The summed E-state index contributed by atoms with van der Waals surface area (Å²) in [6, 6.07) is 42.0. The average molecular weight is 452 g/mol. The zero-order valence-electron chi connectivity index (χ0n) is 19.8. The normalized spacial score (nSPS) is 13.7. The summed E-state index contributed by atoms with van der Waals surface area (Å²) in [4.78, 5) is 2.25. The minimum absolute atomic E-state index is 0.310. The van der Waals surface area contributed by atoms with Crippen molar-refractivity contribution in [2.75, 3.05) is 19.1 Å². The van der Waals surface area contributed by atoms with Crippen molar-refractivity contribution in [3.8, 4) is 28.0 Å². The molecular weight excluding hydrogens is 426 g/mol. The third-order valence-corrected chi connectivity index (χ3v) is 7.83. The number of nitrogens with zero attached hydrogens (tertiary/aromatic N) is 1. The van der Waals surface area contributed by atoms with Crippen LogP contribution in [-0.2, 0) is 5.41 Å². The molecule has 0 radical (unpaired) electrons. The lowest BCUT2D eigenvalue weighted by Crippen LogP contribution is -2.26. The highest BCUT2D eigenvalue weighted by atomic mass is 16.5. The van der Waals surface area contributed by atoms with Gasteiger partial charge >= 0.3 is 0 Å². The van der Waals surface area contributed by atoms with E-state index in [-0.39, 0.29) is 5.41 Å². The molecule has 0 saturated heterocycles. The first-order valence-electron chi connectivity index (χ1n) is 12.0. The van der Waals surface area contributed by atoms with Crippen LogP contribution in [0.25, 0.3) is 22.3 Å². The van der Waals surface area contributed by atoms with Crippen LogP contribution in [0.1, 0.15) is 22.3 Å². The number of anilines is 2. The molecule has 2 nitrogen and oxygen atoms in total.